The first kappa shape index (κ1) is 11.7. The number of hydrogen-bond acceptors (Lipinski definition) is 5. The molecule has 0 amide bonds. The first-order chi connectivity index (χ1) is 7.13. The van der Waals surface area contributed by atoms with E-state index in [2.05, 4.69) is 4.74 Å². The van der Waals surface area contributed by atoms with Gasteiger partial charge in [-0.2, -0.15) is 0 Å². The highest BCUT2D eigenvalue weighted by Gasteiger charge is 2.14. The molecule has 2 N–H and O–H groups in total. The number of ether oxygens (including phenoxy) is 2. The number of methoxy groups -OCH3 is 2. The van der Waals surface area contributed by atoms with Gasteiger partial charge >= 0.3 is 5.97 Å². The van der Waals surface area contributed by atoms with Crippen LogP contribution in [0.1, 0.15) is 10.4 Å². The molecule has 0 atom stereocenters. The van der Waals surface area contributed by atoms with E-state index in [0.717, 1.165) is 4.90 Å². The van der Waals surface area contributed by atoms with E-state index < -0.39 is 5.97 Å². The maximum Gasteiger partial charge on any atom is 0.339 e. The Morgan fingerprint density at radius 1 is 1.40 bits per heavy atom. The molecular formula is C10H13NO3S. The fraction of sp³-hybridized carbons (Fsp3) is 0.300. The molecule has 0 aliphatic rings. The summed E-state index contributed by atoms with van der Waals surface area (Å²) < 4.78 is 9.75. The third-order valence-corrected chi connectivity index (χ3v) is 2.72. The van der Waals surface area contributed by atoms with Crippen LogP contribution in [0.2, 0.25) is 0 Å². The van der Waals surface area contributed by atoms with Crippen LogP contribution >= 0.6 is 11.8 Å². The number of nitrogen functional groups attached to an aromatic ring is 1. The maximum atomic E-state index is 11.3. The smallest absolute Gasteiger partial charge is 0.339 e. The van der Waals surface area contributed by atoms with Gasteiger partial charge in [-0.25, -0.2) is 4.79 Å². The number of thioether (sulfide) groups is 1. The van der Waals surface area contributed by atoms with E-state index in [1.807, 2.05) is 6.26 Å². The molecule has 0 heterocycles. The molecule has 0 saturated heterocycles. The van der Waals surface area contributed by atoms with E-state index in [0.29, 0.717) is 17.0 Å². The number of nitrogens with two attached hydrogens (primary N) is 1. The summed E-state index contributed by atoms with van der Waals surface area (Å²) in [5.41, 5.74) is 6.43. The van der Waals surface area contributed by atoms with Gasteiger partial charge in [-0.05, 0) is 12.3 Å². The van der Waals surface area contributed by atoms with Gasteiger partial charge in [0.1, 0.15) is 5.75 Å². The normalized spacial score (nSPS) is 9.80. The molecule has 0 unspecified atom stereocenters. The largest absolute Gasteiger partial charge is 0.496 e. The molecule has 1 rings (SSSR count). The number of hydrogen-bond donors (Lipinski definition) is 1. The molecule has 0 radical (unpaired) electrons. The van der Waals surface area contributed by atoms with Gasteiger partial charge in [0.05, 0.1) is 24.7 Å². The monoisotopic (exact) mass is 227 g/mol. The Hall–Kier alpha value is -1.36. The van der Waals surface area contributed by atoms with Crippen molar-refractivity contribution in [3.8, 4) is 5.75 Å². The van der Waals surface area contributed by atoms with E-state index in [4.69, 9.17) is 10.5 Å². The second-order valence-electron chi connectivity index (χ2n) is 2.79. The molecule has 0 spiro atoms. The Labute approximate surface area is 92.7 Å². The summed E-state index contributed by atoms with van der Waals surface area (Å²) in [5, 5.41) is 0. The fourth-order valence-electron chi connectivity index (χ4n) is 1.18. The van der Waals surface area contributed by atoms with Gasteiger partial charge in [0.2, 0.25) is 0 Å². The van der Waals surface area contributed by atoms with E-state index >= 15 is 0 Å². The van der Waals surface area contributed by atoms with Crippen molar-refractivity contribution in [3.05, 3.63) is 17.7 Å². The zero-order valence-corrected chi connectivity index (χ0v) is 9.68. The number of esters is 1. The molecule has 0 aliphatic carbocycles. The topological polar surface area (TPSA) is 61.5 Å². The molecule has 5 heteroatoms. The fourth-order valence-corrected chi connectivity index (χ4v) is 1.76. The Morgan fingerprint density at radius 2 is 2.07 bits per heavy atom. The molecule has 0 aromatic heterocycles. The number of benzene rings is 1. The Kier molecular flexibility index (Phi) is 3.85. The second-order valence-corrected chi connectivity index (χ2v) is 3.63. The molecule has 82 valence electrons. The van der Waals surface area contributed by atoms with E-state index in [-0.39, 0.29) is 0 Å². The van der Waals surface area contributed by atoms with Crippen molar-refractivity contribution in [1.82, 2.24) is 0 Å². The molecule has 15 heavy (non-hydrogen) atoms. The van der Waals surface area contributed by atoms with Crippen molar-refractivity contribution in [2.45, 2.75) is 4.90 Å². The summed E-state index contributed by atoms with van der Waals surface area (Å²) in [6.07, 6.45) is 1.90. The molecule has 1 aromatic rings. The minimum atomic E-state index is -0.439. The van der Waals surface area contributed by atoms with Crippen molar-refractivity contribution in [2.75, 3.05) is 26.2 Å². The van der Waals surface area contributed by atoms with E-state index in [1.54, 1.807) is 19.2 Å². The van der Waals surface area contributed by atoms with Crippen LogP contribution in [0.15, 0.2) is 17.0 Å². The molecule has 4 nitrogen and oxygen atoms in total. The summed E-state index contributed by atoms with van der Waals surface area (Å²) in [5.74, 6) is 0.220. The molecule has 0 fully saturated rings. The highest BCUT2D eigenvalue weighted by molar-refractivity contribution is 7.98. The quantitative estimate of drug-likeness (QED) is 0.484. The van der Waals surface area contributed by atoms with Crippen LogP contribution in [-0.4, -0.2) is 26.4 Å². The van der Waals surface area contributed by atoms with E-state index in [9.17, 15) is 4.79 Å². The zero-order valence-electron chi connectivity index (χ0n) is 8.87. The maximum absolute atomic E-state index is 11.3. The SMILES string of the molecule is COC(=O)c1cc(SC)c(OC)cc1N. The van der Waals surface area contributed by atoms with Crippen LogP contribution in [0.5, 0.6) is 5.75 Å². The van der Waals surface area contributed by atoms with Crippen LogP contribution in [0.4, 0.5) is 5.69 Å². The summed E-state index contributed by atoms with van der Waals surface area (Å²) >= 11 is 1.48. The summed E-state index contributed by atoms with van der Waals surface area (Å²) in [4.78, 5) is 12.2. The molecule has 0 saturated carbocycles. The van der Waals surface area contributed by atoms with Crippen LogP contribution in [-0.2, 0) is 4.74 Å². The van der Waals surface area contributed by atoms with Gasteiger partial charge in [-0.1, -0.05) is 0 Å². The lowest BCUT2D eigenvalue weighted by Crippen LogP contribution is -2.06. The van der Waals surface area contributed by atoms with Gasteiger partial charge in [-0.15, -0.1) is 11.8 Å². The van der Waals surface area contributed by atoms with Crippen molar-refractivity contribution >= 4 is 23.4 Å². The molecule has 0 aliphatic heterocycles. The van der Waals surface area contributed by atoms with Gasteiger partial charge in [0.25, 0.3) is 0 Å². The van der Waals surface area contributed by atoms with Crippen molar-refractivity contribution in [3.63, 3.8) is 0 Å². The van der Waals surface area contributed by atoms with Crippen molar-refractivity contribution < 1.29 is 14.3 Å². The Bertz CT molecular complexity index is 379. The van der Waals surface area contributed by atoms with Gasteiger partial charge in [-0.3, -0.25) is 0 Å². The summed E-state index contributed by atoms with van der Waals surface area (Å²) in [6, 6.07) is 3.29. The summed E-state index contributed by atoms with van der Waals surface area (Å²) in [7, 11) is 2.89. The third-order valence-electron chi connectivity index (χ3n) is 1.96. The van der Waals surface area contributed by atoms with Crippen LogP contribution in [0.3, 0.4) is 0 Å². The molecule has 1 aromatic carbocycles. The standard InChI is InChI=1S/C10H13NO3S/c1-13-8-5-7(11)6(10(12)14-2)4-9(8)15-3/h4-5H,11H2,1-3H3. The minimum Gasteiger partial charge on any atom is -0.496 e. The number of anilines is 1. The van der Waals surface area contributed by atoms with E-state index in [1.165, 1.54) is 18.9 Å². The van der Waals surface area contributed by atoms with Crippen LogP contribution < -0.4 is 10.5 Å². The number of carbonyl (C=O) groups excluding carboxylic acids is 1. The highest BCUT2D eigenvalue weighted by atomic mass is 32.2. The van der Waals surface area contributed by atoms with Gasteiger partial charge < -0.3 is 15.2 Å². The number of rotatable bonds is 3. The Balaban J connectivity index is 3.25. The lowest BCUT2D eigenvalue weighted by Gasteiger charge is -2.10. The average molecular weight is 227 g/mol. The average Bonchev–Trinajstić information content (AvgIpc) is 2.27. The predicted molar refractivity (Wildman–Crippen MR) is 60.5 cm³/mol. The van der Waals surface area contributed by atoms with Crippen LogP contribution in [0.25, 0.3) is 0 Å². The summed E-state index contributed by atoms with van der Waals surface area (Å²) in [6.45, 7) is 0. The zero-order chi connectivity index (χ0) is 11.4. The highest BCUT2D eigenvalue weighted by Crippen LogP contribution is 2.32. The second kappa shape index (κ2) is 4.93. The minimum absolute atomic E-state index is 0.358. The van der Waals surface area contributed by atoms with Crippen molar-refractivity contribution in [1.29, 1.82) is 0 Å². The van der Waals surface area contributed by atoms with Crippen LogP contribution in [0, 0.1) is 0 Å². The van der Waals surface area contributed by atoms with Crippen molar-refractivity contribution in [2.24, 2.45) is 0 Å². The Morgan fingerprint density at radius 3 is 2.53 bits per heavy atom. The molecule has 0 bridgehead atoms. The lowest BCUT2D eigenvalue weighted by atomic mass is 10.2. The molecular weight excluding hydrogens is 214 g/mol. The first-order valence-corrected chi connectivity index (χ1v) is 5.46. The first-order valence-electron chi connectivity index (χ1n) is 4.23. The predicted octanol–water partition coefficient (Wildman–Crippen LogP) is 1.79. The number of carbonyl (C=O) groups is 1. The van der Waals surface area contributed by atoms with Gasteiger partial charge in [0, 0.05) is 11.8 Å². The lowest BCUT2D eigenvalue weighted by molar-refractivity contribution is 0.0601. The third kappa shape index (κ3) is 2.36. The van der Waals surface area contributed by atoms with Gasteiger partial charge in [0.15, 0.2) is 0 Å².